The molecule has 0 heterocycles. The molecule has 3 heteroatoms. The van der Waals surface area contributed by atoms with E-state index >= 15 is 0 Å². The topological polar surface area (TPSA) is 41.5 Å². The van der Waals surface area contributed by atoms with Crippen molar-refractivity contribution in [1.82, 2.24) is 5.32 Å². The van der Waals surface area contributed by atoms with Crippen molar-refractivity contribution in [2.24, 2.45) is 0 Å². The van der Waals surface area contributed by atoms with E-state index in [0.29, 0.717) is 13.2 Å². The molecule has 96 valence electrons. The zero-order valence-corrected chi connectivity index (χ0v) is 11.2. The quantitative estimate of drug-likeness (QED) is 0.795. The second kappa shape index (κ2) is 6.03. The molecule has 0 aliphatic rings. The first-order valence-electron chi connectivity index (χ1n) is 6.08. The van der Waals surface area contributed by atoms with E-state index in [-0.39, 0.29) is 0 Å². The fourth-order valence-electron chi connectivity index (χ4n) is 1.64. The third-order valence-corrected chi connectivity index (χ3v) is 2.62. The molecule has 0 bridgehead atoms. The van der Waals surface area contributed by atoms with Gasteiger partial charge in [-0.2, -0.15) is 0 Å². The van der Waals surface area contributed by atoms with Crippen molar-refractivity contribution < 1.29 is 9.84 Å². The van der Waals surface area contributed by atoms with Gasteiger partial charge in [-0.15, -0.1) is 0 Å². The van der Waals surface area contributed by atoms with Crippen molar-refractivity contribution in [3.63, 3.8) is 0 Å². The van der Waals surface area contributed by atoms with E-state index in [1.165, 1.54) is 5.56 Å². The molecule has 1 atom stereocenters. The Morgan fingerprint density at radius 2 is 2.06 bits per heavy atom. The number of rotatable bonds is 6. The number of ether oxygens (including phenoxy) is 1. The van der Waals surface area contributed by atoms with Gasteiger partial charge in [0.1, 0.15) is 18.0 Å². The smallest absolute Gasteiger partial charge is 0.122 e. The average Bonchev–Trinajstić information content (AvgIpc) is 2.25. The molecule has 1 aromatic rings. The van der Waals surface area contributed by atoms with Crippen LogP contribution in [0.25, 0.3) is 0 Å². The van der Waals surface area contributed by atoms with Crippen LogP contribution in [0.2, 0.25) is 0 Å². The van der Waals surface area contributed by atoms with Crippen LogP contribution >= 0.6 is 0 Å². The fraction of sp³-hybridized carbons (Fsp3) is 0.571. The number of aryl methyl sites for hydroxylation is 2. The molecular weight excluding hydrogens is 214 g/mol. The van der Waals surface area contributed by atoms with Gasteiger partial charge >= 0.3 is 0 Å². The minimum absolute atomic E-state index is 0.296. The highest BCUT2D eigenvalue weighted by atomic mass is 16.5. The van der Waals surface area contributed by atoms with Crippen LogP contribution in [0.3, 0.4) is 0 Å². The summed E-state index contributed by atoms with van der Waals surface area (Å²) in [6, 6.07) is 6.05. The Kier molecular flexibility index (Phi) is 4.97. The lowest BCUT2D eigenvalue weighted by Crippen LogP contribution is -2.42. The van der Waals surface area contributed by atoms with Gasteiger partial charge in [-0.1, -0.05) is 24.6 Å². The molecule has 1 rings (SSSR count). The molecule has 2 N–H and O–H groups in total. The number of benzene rings is 1. The highest BCUT2D eigenvalue weighted by Gasteiger charge is 2.20. The number of aliphatic hydroxyl groups is 1. The molecule has 17 heavy (non-hydrogen) atoms. The molecule has 0 aliphatic heterocycles. The van der Waals surface area contributed by atoms with E-state index < -0.39 is 5.60 Å². The molecule has 0 radical (unpaired) electrons. The predicted octanol–water partition coefficient (Wildman–Crippen LogP) is 2.04. The van der Waals surface area contributed by atoms with Gasteiger partial charge in [-0.25, -0.2) is 0 Å². The third-order valence-electron chi connectivity index (χ3n) is 2.62. The monoisotopic (exact) mass is 237 g/mol. The Morgan fingerprint density at radius 3 is 2.65 bits per heavy atom. The lowest BCUT2D eigenvalue weighted by molar-refractivity contribution is 0.0125. The molecule has 3 nitrogen and oxygen atoms in total. The lowest BCUT2D eigenvalue weighted by Gasteiger charge is -2.24. The maximum atomic E-state index is 10.1. The van der Waals surface area contributed by atoms with Gasteiger partial charge in [0.15, 0.2) is 0 Å². The van der Waals surface area contributed by atoms with Gasteiger partial charge in [0, 0.05) is 6.54 Å². The van der Waals surface area contributed by atoms with Crippen molar-refractivity contribution in [3.8, 4) is 5.75 Å². The maximum absolute atomic E-state index is 10.1. The van der Waals surface area contributed by atoms with Crippen molar-refractivity contribution in [3.05, 3.63) is 29.3 Å². The normalized spacial score (nSPS) is 14.4. The van der Waals surface area contributed by atoms with Gasteiger partial charge in [0.05, 0.1) is 0 Å². The molecule has 0 saturated carbocycles. The minimum atomic E-state index is -0.840. The van der Waals surface area contributed by atoms with Crippen molar-refractivity contribution in [2.75, 3.05) is 19.7 Å². The van der Waals surface area contributed by atoms with Crippen LogP contribution in [0, 0.1) is 13.8 Å². The van der Waals surface area contributed by atoms with Gasteiger partial charge in [0.25, 0.3) is 0 Å². The van der Waals surface area contributed by atoms with Gasteiger partial charge < -0.3 is 15.2 Å². The Balaban J connectivity index is 2.54. The lowest BCUT2D eigenvalue weighted by atomic mass is 10.1. The third kappa shape index (κ3) is 4.75. The van der Waals surface area contributed by atoms with Crippen molar-refractivity contribution in [2.45, 2.75) is 33.3 Å². The highest BCUT2D eigenvalue weighted by Crippen LogP contribution is 2.19. The molecule has 1 unspecified atom stereocenters. The first kappa shape index (κ1) is 14.0. The molecule has 0 amide bonds. The van der Waals surface area contributed by atoms with Crippen LogP contribution in [0.5, 0.6) is 5.75 Å². The molecule has 1 aromatic carbocycles. The SMILES string of the molecule is CCNCC(C)(O)COc1ccc(C)cc1C. The van der Waals surface area contributed by atoms with E-state index in [2.05, 4.69) is 18.3 Å². The van der Waals surface area contributed by atoms with Crippen molar-refractivity contribution in [1.29, 1.82) is 0 Å². The molecule has 0 fully saturated rings. The van der Waals surface area contributed by atoms with E-state index in [4.69, 9.17) is 4.74 Å². The zero-order chi connectivity index (χ0) is 12.9. The summed E-state index contributed by atoms with van der Waals surface area (Å²) < 4.78 is 5.66. The largest absolute Gasteiger partial charge is 0.490 e. The summed E-state index contributed by atoms with van der Waals surface area (Å²) in [5.41, 5.74) is 1.48. The summed E-state index contributed by atoms with van der Waals surface area (Å²) in [5.74, 6) is 0.840. The summed E-state index contributed by atoms with van der Waals surface area (Å²) in [4.78, 5) is 0. The van der Waals surface area contributed by atoms with Crippen LogP contribution in [-0.2, 0) is 0 Å². The van der Waals surface area contributed by atoms with Crippen LogP contribution in [-0.4, -0.2) is 30.4 Å². The molecule has 0 aliphatic carbocycles. The predicted molar refractivity (Wildman–Crippen MR) is 70.6 cm³/mol. The zero-order valence-electron chi connectivity index (χ0n) is 11.2. The van der Waals surface area contributed by atoms with Crippen LogP contribution in [0.15, 0.2) is 18.2 Å². The van der Waals surface area contributed by atoms with E-state index in [0.717, 1.165) is 17.9 Å². The summed E-state index contributed by atoms with van der Waals surface area (Å²) in [6.07, 6.45) is 0. The average molecular weight is 237 g/mol. The first-order chi connectivity index (χ1) is 7.94. The summed E-state index contributed by atoms with van der Waals surface area (Å²) in [5, 5.41) is 13.2. The van der Waals surface area contributed by atoms with Crippen molar-refractivity contribution >= 4 is 0 Å². The Bertz CT molecular complexity index is 361. The standard InChI is InChI=1S/C14H23NO2/c1-5-15-9-14(4,16)10-17-13-7-6-11(2)8-12(13)3/h6-8,15-16H,5,9-10H2,1-4H3. The Morgan fingerprint density at radius 1 is 1.35 bits per heavy atom. The van der Waals surface area contributed by atoms with Gasteiger partial charge in [-0.05, 0) is 38.9 Å². The number of likely N-dealkylation sites (N-methyl/N-ethyl adjacent to an activating group) is 1. The molecular formula is C14H23NO2. The number of nitrogens with one attached hydrogen (secondary N) is 1. The molecule has 0 spiro atoms. The second-order valence-electron chi connectivity index (χ2n) is 4.83. The second-order valence-corrected chi connectivity index (χ2v) is 4.83. The summed E-state index contributed by atoms with van der Waals surface area (Å²) >= 11 is 0. The fourth-order valence-corrected chi connectivity index (χ4v) is 1.64. The first-order valence-corrected chi connectivity index (χ1v) is 6.08. The summed E-state index contributed by atoms with van der Waals surface area (Å²) in [6.45, 7) is 9.54. The minimum Gasteiger partial charge on any atom is -0.490 e. The van der Waals surface area contributed by atoms with E-state index in [1.807, 2.05) is 26.0 Å². The van der Waals surface area contributed by atoms with Gasteiger partial charge in [-0.3, -0.25) is 0 Å². The van der Waals surface area contributed by atoms with Crippen LogP contribution < -0.4 is 10.1 Å². The number of hydrogen-bond acceptors (Lipinski definition) is 3. The Hall–Kier alpha value is -1.06. The van der Waals surface area contributed by atoms with Crippen LogP contribution in [0.1, 0.15) is 25.0 Å². The van der Waals surface area contributed by atoms with E-state index in [9.17, 15) is 5.11 Å². The number of hydrogen-bond donors (Lipinski definition) is 2. The van der Waals surface area contributed by atoms with Crippen LogP contribution in [0.4, 0.5) is 0 Å². The Labute approximate surface area is 104 Å². The molecule has 0 aromatic heterocycles. The summed E-state index contributed by atoms with van der Waals surface area (Å²) in [7, 11) is 0. The maximum Gasteiger partial charge on any atom is 0.122 e. The van der Waals surface area contributed by atoms with Gasteiger partial charge in [0.2, 0.25) is 0 Å². The highest BCUT2D eigenvalue weighted by molar-refractivity contribution is 5.35. The van der Waals surface area contributed by atoms with E-state index in [1.54, 1.807) is 6.92 Å². The molecule has 0 saturated heterocycles.